The van der Waals surface area contributed by atoms with E-state index in [-0.39, 0.29) is 11.5 Å². The molecule has 1 aromatic carbocycles. The number of hydrogen-bond acceptors (Lipinski definition) is 5. The van der Waals surface area contributed by atoms with E-state index in [1.54, 1.807) is 22.3 Å². The van der Waals surface area contributed by atoms with Crippen molar-refractivity contribution in [1.82, 2.24) is 3.97 Å². The lowest BCUT2D eigenvalue weighted by Crippen LogP contribution is -2.19. The fraction of sp³-hybridized carbons (Fsp3) is 0.111. The number of benzene rings is 1. The summed E-state index contributed by atoms with van der Waals surface area (Å²) in [6.07, 6.45) is 3.84. The summed E-state index contributed by atoms with van der Waals surface area (Å²) in [5.74, 6) is 0.285. The Morgan fingerprint density at radius 1 is 1.40 bits per heavy atom. The van der Waals surface area contributed by atoms with Gasteiger partial charge in [0.15, 0.2) is 6.29 Å². The average Bonchev–Trinajstić information content (AvgIpc) is 3.05. The smallest absolute Gasteiger partial charge is 0.216 e. The molecule has 25 heavy (non-hydrogen) atoms. The number of anilines is 1. The molecule has 0 aliphatic heterocycles. The normalized spacial score (nSPS) is 10.2. The highest BCUT2D eigenvalue weighted by atomic mass is 127. The van der Waals surface area contributed by atoms with Gasteiger partial charge in [-0.05, 0) is 30.7 Å². The maximum absolute atomic E-state index is 13.2. The number of carbonyl (C=O) groups is 2. The molecule has 2 aromatic rings. The number of ether oxygens (including phenoxy) is 1. The van der Waals surface area contributed by atoms with Crippen LogP contribution in [-0.4, -0.2) is 23.2 Å². The van der Waals surface area contributed by atoms with Crippen LogP contribution in [0.5, 0.6) is 5.75 Å². The quantitative estimate of drug-likeness (QED) is 0.246. The highest BCUT2D eigenvalue weighted by Gasteiger charge is 2.25. The zero-order valence-corrected chi connectivity index (χ0v) is 16.8. The minimum atomic E-state index is -0.216. The molecule has 1 aromatic heterocycles. The minimum absolute atomic E-state index is 0.191. The summed E-state index contributed by atoms with van der Waals surface area (Å²) < 4.78 is 7.10. The van der Waals surface area contributed by atoms with E-state index in [2.05, 4.69) is 34.4 Å². The van der Waals surface area contributed by atoms with E-state index in [9.17, 15) is 9.59 Å². The Hall–Kier alpha value is -2.00. The van der Waals surface area contributed by atoms with Crippen LogP contribution >= 0.6 is 30.3 Å². The second kappa shape index (κ2) is 8.39. The van der Waals surface area contributed by atoms with Crippen molar-refractivity contribution in [1.29, 1.82) is 0 Å². The van der Waals surface area contributed by atoms with Crippen LogP contribution in [0.1, 0.15) is 21.6 Å². The number of hydrogen-bond donors (Lipinski definition) is 0. The van der Waals surface area contributed by atoms with Gasteiger partial charge in [0, 0.05) is 42.7 Å². The number of carbonyl (C=O) groups excluding carboxylic acids is 2. The van der Waals surface area contributed by atoms with Gasteiger partial charge in [0.1, 0.15) is 11.4 Å². The zero-order valence-electron chi connectivity index (χ0n) is 13.9. The second-order valence-electron chi connectivity index (χ2n) is 5.14. The van der Waals surface area contributed by atoms with Gasteiger partial charge in [-0.3, -0.25) is 13.6 Å². The Bertz CT molecular complexity index is 845. The minimum Gasteiger partial charge on any atom is -0.496 e. The van der Waals surface area contributed by atoms with Crippen molar-refractivity contribution in [2.24, 2.45) is 0 Å². The molecule has 0 bridgehead atoms. The second-order valence-corrected chi connectivity index (χ2v) is 6.85. The molecule has 0 saturated heterocycles. The van der Waals surface area contributed by atoms with Crippen LogP contribution in [0.3, 0.4) is 0 Å². The monoisotopic (exact) mass is 468 g/mol. The molecule has 7 heteroatoms. The van der Waals surface area contributed by atoms with Gasteiger partial charge in [-0.15, -0.1) is 0 Å². The van der Waals surface area contributed by atoms with Crippen molar-refractivity contribution in [2.75, 3.05) is 12.0 Å². The number of aromatic nitrogens is 1. The Morgan fingerprint density at radius 2 is 2.12 bits per heavy atom. The van der Waals surface area contributed by atoms with Gasteiger partial charge in [-0.1, -0.05) is 19.2 Å². The molecule has 0 radical (unpaired) electrons. The summed E-state index contributed by atoms with van der Waals surface area (Å²) in [4.78, 5) is 25.9. The average molecular weight is 468 g/mol. The molecule has 5 nitrogen and oxygen atoms in total. The lowest BCUT2D eigenvalue weighted by atomic mass is 10.0. The highest BCUT2D eigenvalue weighted by molar-refractivity contribution is 14.2. The standard InChI is InChI=1S/C18H17IN2O3S/c1-5-20(13(3)11-22)15-8-9-21(25-19)17(15)18(23)14-7-6-12(2)10-16(14)24-4/h5-11H,1,3H2,2,4H3. The van der Waals surface area contributed by atoms with E-state index in [0.717, 1.165) is 5.56 Å². The molecule has 0 aliphatic rings. The number of ketones is 1. The maximum atomic E-state index is 13.2. The maximum Gasteiger partial charge on any atom is 0.216 e. The lowest BCUT2D eigenvalue weighted by Gasteiger charge is -2.20. The lowest BCUT2D eigenvalue weighted by molar-refractivity contribution is -0.104. The van der Waals surface area contributed by atoms with Gasteiger partial charge in [0.05, 0.1) is 24.1 Å². The van der Waals surface area contributed by atoms with E-state index in [0.29, 0.717) is 29.0 Å². The molecule has 130 valence electrons. The van der Waals surface area contributed by atoms with Gasteiger partial charge < -0.3 is 9.64 Å². The first-order valence-electron chi connectivity index (χ1n) is 7.24. The summed E-state index contributed by atoms with van der Waals surface area (Å²) >= 11 is 2.09. The predicted octanol–water partition coefficient (Wildman–Crippen LogP) is 4.54. The van der Waals surface area contributed by atoms with Crippen molar-refractivity contribution in [3.63, 3.8) is 0 Å². The number of allylic oxidation sites excluding steroid dienone is 1. The summed E-state index contributed by atoms with van der Waals surface area (Å²) in [5.41, 5.74) is 2.57. The number of halogens is 1. The first-order valence-corrected chi connectivity index (χ1v) is 10.6. The predicted molar refractivity (Wildman–Crippen MR) is 110 cm³/mol. The summed E-state index contributed by atoms with van der Waals surface area (Å²) in [6, 6.07) is 7.15. The van der Waals surface area contributed by atoms with E-state index in [4.69, 9.17) is 4.74 Å². The molecule has 0 unspecified atom stereocenters. The highest BCUT2D eigenvalue weighted by Crippen LogP contribution is 2.34. The van der Waals surface area contributed by atoms with Crippen LogP contribution in [0.2, 0.25) is 0 Å². The van der Waals surface area contributed by atoms with E-state index in [1.807, 2.05) is 19.1 Å². The summed E-state index contributed by atoms with van der Waals surface area (Å²) in [7, 11) is 2.88. The molecule has 0 fully saturated rings. The van der Waals surface area contributed by atoms with Crippen LogP contribution < -0.4 is 9.64 Å². The number of rotatable bonds is 8. The third kappa shape index (κ3) is 3.82. The number of nitrogens with zero attached hydrogens (tertiary/aromatic N) is 2. The Balaban J connectivity index is 2.64. The molecule has 0 aliphatic carbocycles. The van der Waals surface area contributed by atoms with Gasteiger partial charge in [0.25, 0.3) is 0 Å². The van der Waals surface area contributed by atoms with Gasteiger partial charge in [-0.25, -0.2) is 0 Å². The topological polar surface area (TPSA) is 51.5 Å². The fourth-order valence-electron chi connectivity index (χ4n) is 2.41. The first-order chi connectivity index (χ1) is 12.0. The molecular weight excluding hydrogens is 451 g/mol. The fourth-order valence-corrected chi connectivity index (χ4v) is 3.75. The molecule has 0 saturated carbocycles. The van der Waals surface area contributed by atoms with Crippen molar-refractivity contribution < 1.29 is 14.3 Å². The number of aldehydes is 1. The molecule has 2 rings (SSSR count). The molecule has 0 amide bonds. The van der Waals surface area contributed by atoms with Crippen LogP contribution in [0.25, 0.3) is 0 Å². The molecule has 0 atom stereocenters. The molecular formula is C18H17IN2O3S. The van der Waals surface area contributed by atoms with Gasteiger partial charge in [0.2, 0.25) is 5.78 Å². The van der Waals surface area contributed by atoms with Crippen molar-refractivity contribution in [2.45, 2.75) is 6.92 Å². The first kappa shape index (κ1) is 19.3. The van der Waals surface area contributed by atoms with E-state index >= 15 is 0 Å². The van der Waals surface area contributed by atoms with Gasteiger partial charge in [-0.2, -0.15) is 0 Å². The number of aryl methyl sites for hydroxylation is 1. The molecule has 1 heterocycles. The Morgan fingerprint density at radius 3 is 2.68 bits per heavy atom. The molecule has 0 N–H and O–H groups in total. The summed E-state index contributed by atoms with van der Waals surface area (Å²) in [5, 5.41) is 0. The third-order valence-corrected chi connectivity index (χ3v) is 5.34. The number of methoxy groups -OCH3 is 1. The van der Waals surface area contributed by atoms with Crippen LogP contribution in [-0.2, 0) is 4.79 Å². The Kier molecular flexibility index (Phi) is 6.49. The molecule has 0 spiro atoms. The van der Waals surface area contributed by atoms with Crippen LogP contribution in [0.4, 0.5) is 5.69 Å². The zero-order chi connectivity index (χ0) is 18.6. The SMILES string of the molecule is C=CN(C(=C)C=O)c1ccn(SI)c1C(=O)c1ccc(C)cc1OC. The van der Waals surface area contributed by atoms with Crippen LogP contribution in [0.15, 0.2) is 55.5 Å². The van der Waals surface area contributed by atoms with E-state index < -0.39 is 0 Å². The van der Waals surface area contributed by atoms with E-state index in [1.165, 1.54) is 27.3 Å². The third-order valence-electron chi connectivity index (χ3n) is 3.61. The summed E-state index contributed by atoms with van der Waals surface area (Å²) in [6.45, 7) is 9.35. The van der Waals surface area contributed by atoms with Crippen LogP contribution in [0, 0.1) is 6.92 Å². The van der Waals surface area contributed by atoms with Crippen molar-refractivity contribution in [3.8, 4) is 5.75 Å². The largest absolute Gasteiger partial charge is 0.496 e. The van der Waals surface area contributed by atoms with Gasteiger partial charge >= 0.3 is 0 Å². The van der Waals surface area contributed by atoms with Crippen molar-refractivity contribution >= 4 is 48.1 Å². The van der Waals surface area contributed by atoms with Crippen molar-refractivity contribution in [3.05, 3.63) is 72.3 Å². The Labute approximate surface area is 163 Å².